The van der Waals surface area contributed by atoms with Crippen LogP contribution in [0.25, 0.3) is 0 Å². The Morgan fingerprint density at radius 3 is 2.50 bits per heavy atom. The molecule has 2 aromatic carbocycles. The maximum Gasteiger partial charge on any atom is 0.264 e. The van der Waals surface area contributed by atoms with Crippen molar-refractivity contribution in [2.45, 2.75) is 91.2 Å². The number of carbonyl (C=O) groups excluding carboxylic acids is 3. The Balaban J connectivity index is 1.60. The van der Waals surface area contributed by atoms with Gasteiger partial charge in [-0.15, -0.1) is 0 Å². The number of aliphatic hydroxyl groups is 2. The van der Waals surface area contributed by atoms with Crippen LogP contribution in [0.5, 0.6) is 0 Å². The molecule has 2 aromatic rings. The molecule has 0 radical (unpaired) electrons. The predicted octanol–water partition coefficient (Wildman–Crippen LogP) is 6.81. The molecular weight excluding hydrogens is 602 g/mol. The third-order valence-electron chi connectivity index (χ3n) is 9.42. The van der Waals surface area contributed by atoms with Gasteiger partial charge in [0.1, 0.15) is 0 Å². The lowest BCUT2D eigenvalue weighted by molar-refractivity contribution is -0.139. The summed E-state index contributed by atoms with van der Waals surface area (Å²) < 4.78 is 0. The van der Waals surface area contributed by atoms with E-state index in [2.05, 4.69) is 26.8 Å². The number of benzene rings is 2. The molecule has 8 heteroatoms. The van der Waals surface area contributed by atoms with Crippen molar-refractivity contribution in [3.63, 3.8) is 0 Å². The second-order valence-electron chi connectivity index (χ2n) is 13.4. The molecule has 8 nitrogen and oxygen atoms in total. The van der Waals surface area contributed by atoms with Crippen molar-refractivity contribution in [3.8, 4) is 0 Å². The fourth-order valence-electron chi connectivity index (χ4n) is 6.51. The number of anilines is 2. The summed E-state index contributed by atoms with van der Waals surface area (Å²) in [5, 5.41) is 21.9. The summed E-state index contributed by atoms with van der Waals surface area (Å²) in [7, 11) is 0. The summed E-state index contributed by atoms with van der Waals surface area (Å²) in [5.74, 6) is -1.18. The summed E-state index contributed by atoms with van der Waals surface area (Å²) in [6, 6.07) is 15.2. The Kier molecular flexibility index (Phi) is 13.4. The molecule has 1 fully saturated rings. The van der Waals surface area contributed by atoms with Crippen molar-refractivity contribution in [1.29, 1.82) is 0 Å². The molecule has 2 heterocycles. The second-order valence-corrected chi connectivity index (χ2v) is 13.4. The highest BCUT2D eigenvalue weighted by Gasteiger charge is 2.52. The molecule has 0 unspecified atom stereocenters. The Morgan fingerprint density at radius 2 is 1.77 bits per heavy atom. The van der Waals surface area contributed by atoms with E-state index < -0.39 is 17.4 Å². The Morgan fingerprint density at radius 1 is 1.02 bits per heavy atom. The molecule has 48 heavy (non-hydrogen) atoms. The van der Waals surface area contributed by atoms with Crippen molar-refractivity contribution in [2.24, 2.45) is 5.92 Å². The zero-order chi connectivity index (χ0) is 34.7. The van der Waals surface area contributed by atoms with Crippen molar-refractivity contribution in [1.82, 2.24) is 4.90 Å². The predicted molar refractivity (Wildman–Crippen MR) is 192 cm³/mol. The molecule has 1 saturated heterocycles. The van der Waals surface area contributed by atoms with Crippen LogP contribution >= 0.6 is 0 Å². The number of aliphatic hydroxyl groups excluding tert-OH is 1. The van der Waals surface area contributed by atoms with Crippen LogP contribution in [0.1, 0.15) is 90.2 Å². The van der Waals surface area contributed by atoms with E-state index >= 15 is 0 Å². The van der Waals surface area contributed by atoms with Gasteiger partial charge in [-0.1, -0.05) is 85.5 Å². The number of hydrogen-bond acceptors (Lipinski definition) is 5. The lowest BCUT2D eigenvalue weighted by Gasteiger charge is -2.29. The summed E-state index contributed by atoms with van der Waals surface area (Å²) in [6.07, 6.45) is 13.9. The van der Waals surface area contributed by atoms with E-state index in [0.717, 1.165) is 49.7 Å². The van der Waals surface area contributed by atoms with E-state index in [-0.39, 0.29) is 31.4 Å². The van der Waals surface area contributed by atoms with Crippen molar-refractivity contribution >= 4 is 29.1 Å². The van der Waals surface area contributed by atoms with Crippen LogP contribution in [-0.2, 0) is 26.5 Å². The van der Waals surface area contributed by atoms with Gasteiger partial charge < -0.3 is 24.9 Å². The minimum absolute atomic E-state index is 0.0590. The number of hydrogen-bond donors (Lipinski definition) is 2. The SMILES string of the molecule is CC(C)=CCC/C(C)=C/CN1C(=O)[C@@](O)([C@@H](C)/C=C/CC(=O)N(CCO)Cc2ccccc2)c2cc(N3CCCCCCC3=O)ccc21. The van der Waals surface area contributed by atoms with Gasteiger partial charge >= 0.3 is 0 Å². The number of amides is 3. The molecule has 2 aliphatic rings. The number of allylic oxidation sites excluding steroid dienone is 3. The Bertz CT molecular complexity index is 1510. The molecule has 3 amide bonds. The van der Waals surface area contributed by atoms with E-state index in [1.807, 2.05) is 54.6 Å². The average Bonchev–Trinajstić information content (AvgIpc) is 3.27. The van der Waals surface area contributed by atoms with Gasteiger partial charge in [-0.3, -0.25) is 14.4 Å². The molecule has 2 atom stereocenters. The second kappa shape index (κ2) is 17.4. The van der Waals surface area contributed by atoms with E-state index in [1.165, 1.54) is 5.57 Å². The Labute approximate surface area is 286 Å². The van der Waals surface area contributed by atoms with Crippen LogP contribution in [0.4, 0.5) is 11.4 Å². The summed E-state index contributed by atoms with van der Waals surface area (Å²) in [5.41, 5.74) is 3.32. The Hall–Kier alpha value is -4.01. The molecule has 2 aliphatic heterocycles. The smallest absolute Gasteiger partial charge is 0.264 e. The van der Waals surface area contributed by atoms with Crippen LogP contribution in [0.3, 0.4) is 0 Å². The summed E-state index contributed by atoms with van der Waals surface area (Å²) in [6.45, 7) is 9.37. The average molecular weight is 656 g/mol. The fourth-order valence-corrected chi connectivity index (χ4v) is 6.51. The van der Waals surface area contributed by atoms with Crippen molar-refractivity contribution in [2.75, 3.05) is 36.0 Å². The zero-order valence-electron chi connectivity index (χ0n) is 29.2. The van der Waals surface area contributed by atoms with Crippen LogP contribution in [0.15, 0.2) is 84.0 Å². The summed E-state index contributed by atoms with van der Waals surface area (Å²) in [4.78, 5) is 45.6. The van der Waals surface area contributed by atoms with Gasteiger partial charge in [0.05, 0.1) is 12.3 Å². The quantitative estimate of drug-likeness (QED) is 0.218. The van der Waals surface area contributed by atoms with Gasteiger partial charge in [0.2, 0.25) is 11.8 Å². The molecular formula is C40H53N3O5. The number of fused-ring (bicyclic) bond motifs is 1. The molecule has 0 bridgehead atoms. The van der Waals surface area contributed by atoms with E-state index in [9.17, 15) is 24.6 Å². The van der Waals surface area contributed by atoms with Crippen LogP contribution in [0, 0.1) is 5.92 Å². The maximum absolute atomic E-state index is 14.2. The van der Waals surface area contributed by atoms with E-state index in [1.54, 1.807) is 33.8 Å². The topological polar surface area (TPSA) is 101 Å². The first kappa shape index (κ1) is 36.8. The molecule has 258 valence electrons. The highest BCUT2D eigenvalue weighted by molar-refractivity contribution is 6.08. The molecule has 2 N–H and O–H groups in total. The first-order valence-corrected chi connectivity index (χ1v) is 17.4. The monoisotopic (exact) mass is 655 g/mol. The minimum Gasteiger partial charge on any atom is -0.395 e. The van der Waals surface area contributed by atoms with Crippen molar-refractivity contribution < 1.29 is 24.6 Å². The maximum atomic E-state index is 14.2. The van der Waals surface area contributed by atoms with E-state index in [4.69, 9.17) is 0 Å². The minimum atomic E-state index is -1.88. The van der Waals surface area contributed by atoms with Gasteiger partial charge in [-0.05, 0) is 70.2 Å². The van der Waals surface area contributed by atoms with Crippen LogP contribution in [-0.4, -0.2) is 59.1 Å². The van der Waals surface area contributed by atoms with Gasteiger partial charge in [-0.25, -0.2) is 0 Å². The highest BCUT2D eigenvalue weighted by Crippen LogP contribution is 2.47. The third-order valence-corrected chi connectivity index (χ3v) is 9.42. The molecule has 0 saturated carbocycles. The standard InChI is InChI=1S/C40H53N3O5/c1-30(2)14-12-15-31(3)23-25-43-36-22-21-34(42-24-11-6-5-10-19-38(42)46)28-35(36)40(48,39(43)47)32(4)16-13-20-37(45)41(26-27-44)29-33-17-8-7-9-18-33/h7-9,13-14,16-18,21-23,28,32,44,48H,5-6,10-12,15,19-20,24-27,29H2,1-4H3/b16-13+,31-23+/t32-,40+/m0/s1. The molecule has 0 spiro atoms. The van der Waals surface area contributed by atoms with Gasteiger partial charge in [0, 0.05) is 56.2 Å². The number of carbonyl (C=O) groups is 3. The molecule has 4 rings (SSSR count). The largest absolute Gasteiger partial charge is 0.395 e. The third kappa shape index (κ3) is 9.11. The lowest BCUT2D eigenvalue weighted by Crippen LogP contribution is -2.44. The van der Waals surface area contributed by atoms with Crippen LogP contribution in [0.2, 0.25) is 0 Å². The lowest BCUT2D eigenvalue weighted by atomic mass is 9.82. The first-order chi connectivity index (χ1) is 23.1. The normalized spacial score (nSPS) is 19.2. The summed E-state index contributed by atoms with van der Waals surface area (Å²) >= 11 is 0. The number of rotatable bonds is 14. The highest BCUT2D eigenvalue weighted by atomic mass is 16.3. The molecule has 0 aromatic heterocycles. The van der Waals surface area contributed by atoms with Gasteiger partial charge in [0.25, 0.3) is 5.91 Å². The first-order valence-electron chi connectivity index (χ1n) is 17.4. The van der Waals surface area contributed by atoms with Gasteiger partial charge in [0.15, 0.2) is 5.60 Å². The van der Waals surface area contributed by atoms with Crippen molar-refractivity contribution in [3.05, 3.63) is 95.1 Å². The van der Waals surface area contributed by atoms with Gasteiger partial charge in [-0.2, -0.15) is 0 Å². The van der Waals surface area contributed by atoms with E-state index in [0.29, 0.717) is 43.0 Å². The molecule has 0 aliphatic carbocycles. The zero-order valence-corrected chi connectivity index (χ0v) is 29.2. The van der Waals surface area contributed by atoms with Crippen LogP contribution < -0.4 is 9.80 Å². The number of nitrogens with zero attached hydrogens (tertiary/aromatic N) is 3. The fraction of sp³-hybridized carbons (Fsp3) is 0.475.